The van der Waals surface area contributed by atoms with Crippen LogP contribution < -0.4 is 0 Å². The molecule has 0 aliphatic heterocycles. The lowest BCUT2D eigenvalue weighted by atomic mass is 10.2. The fourth-order valence-electron chi connectivity index (χ4n) is 1.20. The van der Waals surface area contributed by atoms with E-state index in [0.717, 1.165) is 5.56 Å². The van der Waals surface area contributed by atoms with Gasteiger partial charge in [-0.2, -0.15) is 9.78 Å². The topological polar surface area (TPSA) is 63.3 Å². The van der Waals surface area contributed by atoms with E-state index in [2.05, 4.69) is 15.3 Å². The number of aliphatic hydroxyl groups excluding tert-OH is 1. The van der Waals surface area contributed by atoms with E-state index < -0.39 is 0 Å². The quantitative estimate of drug-likeness (QED) is 0.639. The Morgan fingerprint density at radius 2 is 2.18 bits per heavy atom. The molecule has 0 aliphatic rings. The van der Waals surface area contributed by atoms with Crippen LogP contribution in [0, 0.1) is 0 Å². The smallest absolute Gasteiger partial charge is 0.211 e. The minimum atomic E-state index is 0.111. The van der Waals surface area contributed by atoms with Gasteiger partial charge in [-0.05, 0) is 5.56 Å². The lowest BCUT2D eigenvalue weighted by Crippen LogP contribution is -1.94. The first-order valence-electron chi connectivity index (χ1n) is 5.13. The number of nitrogens with zero attached hydrogens (tertiary/aromatic N) is 4. The SMILES string of the molecule is OCCSc1nncn1/N=C/c1ccccc1. The molecule has 0 bridgehead atoms. The molecule has 2 aromatic rings. The first-order valence-corrected chi connectivity index (χ1v) is 6.12. The maximum Gasteiger partial charge on any atom is 0.211 e. The van der Waals surface area contributed by atoms with Gasteiger partial charge in [0.05, 0.1) is 12.8 Å². The molecular formula is C11H12N4OS. The third-order valence-corrected chi connectivity index (χ3v) is 2.87. The Hall–Kier alpha value is -1.66. The summed E-state index contributed by atoms with van der Waals surface area (Å²) in [6.07, 6.45) is 3.28. The minimum Gasteiger partial charge on any atom is -0.396 e. The Labute approximate surface area is 103 Å². The van der Waals surface area contributed by atoms with E-state index in [9.17, 15) is 0 Å². The molecule has 5 nitrogen and oxygen atoms in total. The van der Waals surface area contributed by atoms with E-state index in [-0.39, 0.29) is 6.61 Å². The zero-order valence-electron chi connectivity index (χ0n) is 9.10. The molecule has 1 aromatic carbocycles. The first kappa shape index (κ1) is 11.8. The Balaban J connectivity index is 2.08. The molecule has 1 heterocycles. The van der Waals surface area contributed by atoms with Gasteiger partial charge in [-0.25, -0.2) is 0 Å². The maximum atomic E-state index is 8.75. The van der Waals surface area contributed by atoms with Crippen LogP contribution in [0.3, 0.4) is 0 Å². The van der Waals surface area contributed by atoms with Crippen molar-refractivity contribution in [2.45, 2.75) is 5.16 Å². The molecule has 1 N–H and O–H groups in total. The number of aliphatic hydroxyl groups is 1. The van der Waals surface area contributed by atoms with Crippen molar-refractivity contribution < 1.29 is 5.11 Å². The van der Waals surface area contributed by atoms with Gasteiger partial charge in [0, 0.05) is 5.75 Å². The van der Waals surface area contributed by atoms with Gasteiger partial charge in [0.25, 0.3) is 0 Å². The summed E-state index contributed by atoms with van der Waals surface area (Å²) < 4.78 is 1.59. The van der Waals surface area contributed by atoms with Gasteiger partial charge < -0.3 is 5.11 Å². The van der Waals surface area contributed by atoms with Crippen LogP contribution in [0.25, 0.3) is 0 Å². The van der Waals surface area contributed by atoms with E-state index in [1.54, 1.807) is 17.2 Å². The number of benzene rings is 1. The van der Waals surface area contributed by atoms with E-state index >= 15 is 0 Å². The van der Waals surface area contributed by atoms with E-state index in [0.29, 0.717) is 10.9 Å². The molecule has 0 aliphatic carbocycles. The summed E-state index contributed by atoms with van der Waals surface area (Å²) >= 11 is 1.41. The predicted molar refractivity (Wildman–Crippen MR) is 67.3 cm³/mol. The Morgan fingerprint density at radius 3 is 2.94 bits per heavy atom. The summed E-state index contributed by atoms with van der Waals surface area (Å²) in [4.78, 5) is 0. The van der Waals surface area contributed by atoms with Crippen LogP contribution in [0.1, 0.15) is 5.56 Å². The van der Waals surface area contributed by atoms with Crippen LogP contribution in [0.15, 0.2) is 46.9 Å². The van der Waals surface area contributed by atoms with Gasteiger partial charge in [-0.3, -0.25) is 0 Å². The zero-order chi connectivity index (χ0) is 11.9. The molecule has 88 valence electrons. The second-order valence-corrected chi connectivity index (χ2v) is 4.25. The minimum absolute atomic E-state index is 0.111. The van der Waals surface area contributed by atoms with Crippen molar-refractivity contribution in [3.63, 3.8) is 0 Å². The Kier molecular flexibility index (Phi) is 4.29. The number of thioether (sulfide) groups is 1. The second-order valence-electron chi connectivity index (χ2n) is 3.19. The third-order valence-electron chi connectivity index (χ3n) is 1.95. The highest BCUT2D eigenvalue weighted by Gasteiger charge is 2.02. The summed E-state index contributed by atoms with van der Waals surface area (Å²) in [7, 11) is 0. The molecule has 0 radical (unpaired) electrons. The molecule has 0 amide bonds. The zero-order valence-corrected chi connectivity index (χ0v) is 9.92. The maximum absolute atomic E-state index is 8.75. The van der Waals surface area contributed by atoms with Crippen molar-refractivity contribution in [2.24, 2.45) is 5.10 Å². The standard InChI is InChI=1S/C11H12N4OS/c16-6-7-17-11-14-12-9-15(11)13-8-10-4-2-1-3-5-10/h1-5,8-9,16H,6-7H2/b13-8+. The van der Waals surface area contributed by atoms with E-state index in [1.165, 1.54) is 11.8 Å². The second kappa shape index (κ2) is 6.17. The molecule has 1 aromatic heterocycles. The summed E-state index contributed by atoms with van der Waals surface area (Å²) in [5.41, 5.74) is 1.01. The molecule has 2 rings (SSSR count). The van der Waals surface area contributed by atoms with Crippen LogP contribution in [-0.2, 0) is 0 Å². The highest BCUT2D eigenvalue weighted by Crippen LogP contribution is 2.13. The summed E-state index contributed by atoms with van der Waals surface area (Å²) in [6.45, 7) is 0.111. The van der Waals surface area contributed by atoms with Crippen molar-refractivity contribution in [3.8, 4) is 0 Å². The Bertz CT molecular complexity index is 483. The van der Waals surface area contributed by atoms with Crippen LogP contribution >= 0.6 is 11.8 Å². The molecule has 0 spiro atoms. The predicted octanol–water partition coefficient (Wildman–Crippen LogP) is 1.24. The van der Waals surface area contributed by atoms with Crippen molar-refractivity contribution in [2.75, 3.05) is 12.4 Å². The van der Waals surface area contributed by atoms with Crippen LogP contribution in [0.4, 0.5) is 0 Å². The lowest BCUT2D eigenvalue weighted by Gasteiger charge is -1.98. The molecular weight excluding hydrogens is 236 g/mol. The summed E-state index contributed by atoms with van der Waals surface area (Å²) in [5.74, 6) is 0.583. The van der Waals surface area contributed by atoms with Crippen molar-refractivity contribution in [1.29, 1.82) is 0 Å². The molecule has 0 atom stereocenters. The third kappa shape index (κ3) is 3.40. The average molecular weight is 248 g/mol. The monoisotopic (exact) mass is 248 g/mol. The normalized spacial score (nSPS) is 11.1. The van der Waals surface area contributed by atoms with Gasteiger partial charge in [0.2, 0.25) is 5.16 Å². The highest BCUT2D eigenvalue weighted by atomic mass is 32.2. The lowest BCUT2D eigenvalue weighted by molar-refractivity contribution is 0.322. The van der Waals surface area contributed by atoms with Crippen molar-refractivity contribution in [1.82, 2.24) is 14.9 Å². The van der Waals surface area contributed by atoms with Crippen LogP contribution in [0.2, 0.25) is 0 Å². The number of hydrogen-bond donors (Lipinski definition) is 1. The fraction of sp³-hybridized carbons (Fsp3) is 0.182. The van der Waals surface area contributed by atoms with E-state index in [4.69, 9.17) is 5.11 Å². The highest BCUT2D eigenvalue weighted by molar-refractivity contribution is 7.99. The number of rotatable bonds is 5. The fourth-order valence-corrected chi connectivity index (χ4v) is 1.80. The molecule has 0 saturated carbocycles. The number of aromatic nitrogens is 3. The van der Waals surface area contributed by atoms with Crippen LogP contribution in [0.5, 0.6) is 0 Å². The van der Waals surface area contributed by atoms with Gasteiger partial charge in [-0.1, -0.05) is 42.1 Å². The van der Waals surface area contributed by atoms with Gasteiger partial charge in [0.1, 0.15) is 6.33 Å². The molecule has 17 heavy (non-hydrogen) atoms. The summed E-state index contributed by atoms with van der Waals surface area (Å²) in [5, 5.41) is 21.4. The van der Waals surface area contributed by atoms with Gasteiger partial charge in [-0.15, -0.1) is 10.2 Å². The van der Waals surface area contributed by atoms with Gasteiger partial charge in [0.15, 0.2) is 0 Å². The van der Waals surface area contributed by atoms with Crippen molar-refractivity contribution in [3.05, 3.63) is 42.2 Å². The molecule has 0 saturated heterocycles. The molecule has 0 fully saturated rings. The van der Waals surface area contributed by atoms with E-state index in [1.807, 2.05) is 30.3 Å². The van der Waals surface area contributed by atoms with Gasteiger partial charge >= 0.3 is 0 Å². The average Bonchev–Trinajstić information content (AvgIpc) is 2.82. The van der Waals surface area contributed by atoms with Crippen molar-refractivity contribution >= 4 is 18.0 Å². The Morgan fingerprint density at radius 1 is 1.35 bits per heavy atom. The van der Waals surface area contributed by atoms with Crippen LogP contribution in [-0.4, -0.2) is 38.6 Å². The first-order chi connectivity index (χ1) is 8.40. The number of hydrogen-bond acceptors (Lipinski definition) is 5. The summed E-state index contributed by atoms with van der Waals surface area (Å²) in [6, 6.07) is 9.80. The largest absolute Gasteiger partial charge is 0.396 e. The molecule has 6 heteroatoms. The molecule has 0 unspecified atom stereocenters.